The lowest BCUT2D eigenvalue weighted by Gasteiger charge is -1.97. The van der Waals surface area contributed by atoms with E-state index in [2.05, 4.69) is 0 Å². The molecule has 1 aromatic rings. The number of carbonyl (C=O) groups is 1. The van der Waals surface area contributed by atoms with Crippen molar-refractivity contribution in [3.8, 4) is 0 Å². The maximum atomic E-state index is 12.5. The van der Waals surface area contributed by atoms with Gasteiger partial charge in [0.25, 0.3) is 0 Å². The van der Waals surface area contributed by atoms with Crippen LogP contribution in [0, 0.1) is 18.1 Å². The third-order valence-corrected chi connectivity index (χ3v) is 1.25. The maximum absolute atomic E-state index is 12.5. The summed E-state index contributed by atoms with van der Waals surface area (Å²) in [6.45, 7) is 0. The highest BCUT2D eigenvalue weighted by Gasteiger charge is 2.04. The molecular formula is C8H6F2NO. The van der Waals surface area contributed by atoms with Crippen LogP contribution in [0.25, 0.3) is 0 Å². The summed E-state index contributed by atoms with van der Waals surface area (Å²) < 4.78 is 24.8. The van der Waals surface area contributed by atoms with Crippen molar-refractivity contribution in [2.75, 3.05) is 0 Å². The first kappa shape index (κ1) is 8.64. The highest BCUT2D eigenvalue weighted by Crippen LogP contribution is 2.09. The molecule has 0 saturated heterocycles. The van der Waals surface area contributed by atoms with Crippen LogP contribution in [0.1, 0.15) is 5.56 Å². The second-order valence-corrected chi connectivity index (χ2v) is 2.22. The lowest BCUT2D eigenvalue weighted by atomic mass is 10.1. The van der Waals surface area contributed by atoms with Gasteiger partial charge >= 0.3 is 0 Å². The molecule has 1 aromatic carbocycles. The molecule has 0 aliphatic carbocycles. The van der Waals surface area contributed by atoms with Crippen LogP contribution in [0.4, 0.5) is 8.78 Å². The van der Waals surface area contributed by atoms with Gasteiger partial charge in [-0.05, 0) is 17.7 Å². The van der Waals surface area contributed by atoms with Gasteiger partial charge in [0, 0.05) is 0 Å². The first-order chi connectivity index (χ1) is 5.59. The van der Waals surface area contributed by atoms with Crippen LogP contribution in [0.5, 0.6) is 0 Å². The summed E-state index contributed by atoms with van der Waals surface area (Å²) in [5.74, 6) is -2.64. The van der Waals surface area contributed by atoms with Gasteiger partial charge in [-0.2, -0.15) is 0 Å². The minimum Gasteiger partial charge on any atom is -0.369 e. The molecule has 0 heterocycles. The normalized spacial score (nSPS) is 9.83. The number of primary amides is 1. The molecule has 1 rings (SSSR count). The highest BCUT2D eigenvalue weighted by molar-refractivity contribution is 5.86. The molecule has 0 aliphatic rings. The Morgan fingerprint density at radius 3 is 2.50 bits per heavy atom. The summed E-state index contributed by atoms with van der Waals surface area (Å²) in [4.78, 5) is 10.3. The molecule has 12 heavy (non-hydrogen) atoms. The SMILES string of the molecule is NC(=O)[CH]c1ccc(F)c(F)c1. The Bertz CT molecular complexity index is 312. The number of nitrogens with two attached hydrogens (primary N) is 1. The van der Waals surface area contributed by atoms with Gasteiger partial charge in [-0.3, -0.25) is 4.79 Å². The summed E-state index contributed by atoms with van der Waals surface area (Å²) in [5, 5.41) is 0. The van der Waals surface area contributed by atoms with Gasteiger partial charge in [-0.15, -0.1) is 0 Å². The fourth-order valence-electron chi connectivity index (χ4n) is 0.766. The van der Waals surface area contributed by atoms with E-state index in [-0.39, 0.29) is 5.56 Å². The zero-order valence-electron chi connectivity index (χ0n) is 6.05. The molecule has 0 bridgehead atoms. The summed E-state index contributed by atoms with van der Waals surface area (Å²) in [7, 11) is 0. The van der Waals surface area contributed by atoms with Gasteiger partial charge in [-0.25, -0.2) is 8.78 Å². The van der Waals surface area contributed by atoms with Gasteiger partial charge in [-0.1, -0.05) is 6.07 Å². The van der Waals surface area contributed by atoms with Crippen molar-refractivity contribution >= 4 is 5.91 Å². The zero-order valence-corrected chi connectivity index (χ0v) is 6.05. The topological polar surface area (TPSA) is 43.1 Å². The van der Waals surface area contributed by atoms with E-state index in [0.717, 1.165) is 18.6 Å². The molecule has 1 amide bonds. The van der Waals surface area contributed by atoms with E-state index in [0.29, 0.717) is 0 Å². The Kier molecular flexibility index (Phi) is 2.38. The first-order valence-corrected chi connectivity index (χ1v) is 3.19. The second-order valence-electron chi connectivity index (χ2n) is 2.22. The van der Waals surface area contributed by atoms with Crippen molar-refractivity contribution in [1.29, 1.82) is 0 Å². The van der Waals surface area contributed by atoms with Crippen LogP contribution in [0.3, 0.4) is 0 Å². The lowest BCUT2D eigenvalue weighted by molar-refractivity contribution is -0.114. The Morgan fingerprint density at radius 1 is 1.33 bits per heavy atom. The first-order valence-electron chi connectivity index (χ1n) is 3.19. The van der Waals surface area contributed by atoms with E-state index >= 15 is 0 Å². The molecule has 0 fully saturated rings. The quantitative estimate of drug-likeness (QED) is 0.706. The van der Waals surface area contributed by atoms with Gasteiger partial charge < -0.3 is 5.73 Å². The van der Waals surface area contributed by atoms with E-state index in [4.69, 9.17) is 5.73 Å². The van der Waals surface area contributed by atoms with Crippen molar-refractivity contribution in [2.45, 2.75) is 0 Å². The number of halogens is 2. The van der Waals surface area contributed by atoms with Crippen LogP contribution in [0.2, 0.25) is 0 Å². The average molecular weight is 170 g/mol. The largest absolute Gasteiger partial charge is 0.369 e. The monoisotopic (exact) mass is 170 g/mol. The Morgan fingerprint density at radius 2 is 2.00 bits per heavy atom. The smallest absolute Gasteiger partial charge is 0.226 e. The number of rotatable bonds is 2. The Balaban J connectivity index is 2.89. The molecule has 4 heteroatoms. The summed E-state index contributed by atoms with van der Waals surface area (Å²) in [6.07, 6.45) is 1.02. The number of amides is 1. The predicted octanol–water partition coefficient (Wildman–Crippen LogP) is 1.00. The summed E-state index contributed by atoms with van der Waals surface area (Å²) >= 11 is 0. The third-order valence-electron chi connectivity index (χ3n) is 1.25. The fourth-order valence-corrected chi connectivity index (χ4v) is 0.766. The number of carbonyl (C=O) groups excluding carboxylic acids is 1. The van der Waals surface area contributed by atoms with Crippen LogP contribution in [-0.4, -0.2) is 5.91 Å². The summed E-state index contributed by atoms with van der Waals surface area (Å²) in [6, 6.07) is 3.10. The Hall–Kier alpha value is -1.45. The molecule has 0 atom stereocenters. The van der Waals surface area contributed by atoms with E-state index in [1.807, 2.05) is 0 Å². The molecule has 0 saturated carbocycles. The molecule has 0 aromatic heterocycles. The standard InChI is InChI=1S/C8H6F2NO/c9-6-2-1-5(3-7(6)10)4-8(11)12/h1-4H,(H2,11,12). The minimum atomic E-state index is -0.995. The van der Waals surface area contributed by atoms with Crippen LogP contribution < -0.4 is 5.73 Å². The minimum absolute atomic E-state index is 0.251. The fraction of sp³-hybridized carbons (Fsp3) is 0. The molecule has 0 spiro atoms. The van der Waals surface area contributed by atoms with E-state index in [1.54, 1.807) is 0 Å². The van der Waals surface area contributed by atoms with Gasteiger partial charge in [0.1, 0.15) is 0 Å². The molecule has 2 nitrogen and oxygen atoms in total. The van der Waals surface area contributed by atoms with Crippen LogP contribution in [0.15, 0.2) is 18.2 Å². The maximum Gasteiger partial charge on any atom is 0.226 e. The van der Waals surface area contributed by atoms with Gasteiger partial charge in [0.05, 0.1) is 6.42 Å². The van der Waals surface area contributed by atoms with Crippen LogP contribution in [-0.2, 0) is 4.79 Å². The van der Waals surface area contributed by atoms with E-state index < -0.39 is 17.5 Å². The lowest BCUT2D eigenvalue weighted by Crippen LogP contribution is -2.11. The third kappa shape index (κ3) is 2.02. The van der Waals surface area contributed by atoms with Gasteiger partial charge in [0.15, 0.2) is 11.6 Å². The van der Waals surface area contributed by atoms with Crippen molar-refractivity contribution < 1.29 is 13.6 Å². The number of hydrogen-bond donors (Lipinski definition) is 1. The molecular weight excluding hydrogens is 164 g/mol. The molecule has 0 unspecified atom stereocenters. The average Bonchev–Trinajstić information content (AvgIpc) is 1.96. The van der Waals surface area contributed by atoms with E-state index in [1.165, 1.54) is 6.07 Å². The molecule has 1 radical (unpaired) electrons. The number of benzene rings is 1. The second kappa shape index (κ2) is 3.30. The molecule has 0 aliphatic heterocycles. The number of hydrogen-bond acceptors (Lipinski definition) is 1. The zero-order chi connectivity index (χ0) is 9.14. The van der Waals surface area contributed by atoms with Crippen molar-refractivity contribution in [3.05, 3.63) is 41.8 Å². The molecule has 63 valence electrons. The molecule has 2 N–H and O–H groups in total. The van der Waals surface area contributed by atoms with E-state index in [9.17, 15) is 13.6 Å². The van der Waals surface area contributed by atoms with Crippen molar-refractivity contribution in [1.82, 2.24) is 0 Å². The highest BCUT2D eigenvalue weighted by atomic mass is 19.2. The van der Waals surface area contributed by atoms with Crippen molar-refractivity contribution in [2.24, 2.45) is 5.73 Å². The van der Waals surface area contributed by atoms with Crippen LogP contribution >= 0.6 is 0 Å². The Labute approximate surface area is 68.0 Å². The van der Waals surface area contributed by atoms with Crippen molar-refractivity contribution in [3.63, 3.8) is 0 Å². The predicted molar refractivity (Wildman–Crippen MR) is 39.0 cm³/mol. The van der Waals surface area contributed by atoms with Gasteiger partial charge in [0.2, 0.25) is 5.91 Å². The summed E-state index contributed by atoms with van der Waals surface area (Å²) in [5.41, 5.74) is 5.05.